The van der Waals surface area contributed by atoms with Crippen molar-refractivity contribution >= 4 is 49.5 Å². The van der Waals surface area contributed by atoms with Gasteiger partial charge in [0.05, 0.1) is 11.9 Å². The highest BCUT2D eigenvalue weighted by Gasteiger charge is 2.17. The van der Waals surface area contributed by atoms with Gasteiger partial charge in [-0.3, -0.25) is 4.72 Å². The standard InChI is InChI=1S/C22H25N5O3S3/c1-26-10-12-27(13-11-26)22(31)24-21-23-20(15-32-21)16-4-3-5-19(14-16)30-18-8-6-17(7-9-18)25-33(2,28)29/h3-9,14-15,25H,10-13H2,1-2H3,(H,23,24,31). The van der Waals surface area contributed by atoms with Crippen molar-refractivity contribution in [1.29, 1.82) is 0 Å². The number of piperazine rings is 1. The Bertz CT molecular complexity index is 1220. The molecule has 3 aromatic rings. The molecule has 1 aliphatic rings. The van der Waals surface area contributed by atoms with Crippen LogP contribution in [-0.4, -0.2) is 67.8 Å². The monoisotopic (exact) mass is 503 g/mol. The Morgan fingerprint density at radius 2 is 1.82 bits per heavy atom. The van der Waals surface area contributed by atoms with Crippen molar-refractivity contribution in [2.24, 2.45) is 0 Å². The molecule has 0 saturated carbocycles. The lowest BCUT2D eigenvalue weighted by Gasteiger charge is -2.33. The molecule has 8 nitrogen and oxygen atoms in total. The Balaban J connectivity index is 1.40. The van der Waals surface area contributed by atoms with Gasteiger partial charge in [-0.1, -0.05) is 12.1 Å². The van der Waals surface area contributed by atoms with Gasteiger partial charge < -0.3 is 19.9 Å². The summed E-state index contributed by atoms with van der Waals surface area (Å²) < 4.78 is 31.0. The van der Waals surface area contributed by atoms with Gasteiger partial charge in [0, 0.05) is 42.8 Å². The lowest BCUT2D eigenvalue weighted by atomic mass is 10.1. The number of hydrogen-bond donors (Lipinski definition) is 2. The van der Waals surface area contributed by atoms with Gasteiger partial charge in [0.25, 0.3) is 0 Å². The van der Waals surface area contributed by atoms with E-state index in [-0.39, 0.29) is 0 Å². The molecular formula is C22H25N5O3S3. The molecule has 0 atom stereocenters. The van der Waals surface area contributed by atoms with E-state index in [1.165, 1.54) is 11.3 Å². The van der Waals surface area contributed by atoms with Crippen molar-refractivity contribution in [1.82, 2.24) is 14.8 Å². The molecule has 4 rings (SSSR count). The smallest absolute Gasteiger partial charge is 0.229 e. The number of ether oxygens (including phenoxy) is 1. The quantitative estimate of drug-likeness (QED) is 0.490. The second kappa shape index (κ2) is 10.0. The number of rotatable bonds is 6. The summed E-state index contributed by atoms with van der Waals surface area (Å²) >= 11 is 7.07. The van der Waals surface area contributed by atoms with Crippen molar-refractivity contribution in [2.75, 3.05) is 49.5 Å². The number of sulfonamides is 1. The van der Waals surface area contributed by atoms with Crippen molar-refractivity contribution in [3.8, 4) is 22.8 Å². The van der Waals surface area contributed by atoms with Crippen LogP contribution in [0.3, 0.4) is 0 Å². The van der Waals surface area contributed by atoms with Gasteiger partial charge in [-0.05, 0) is 55.7 Å². The van der Waals surface area contributed by atoms with Gasteiger partial charge in [0.2, 0.25) is 10.0 Å². The summed E-state index contributed by atoms with van der Waals surface area (Å²) in [4.78, 5) is 9.14. The molecule has 0 radical (unpaired) electrons. The average Bonchev–Trinajstić information content (AvgIpc) is 3.23. The maximum Gasteiger partial charge on any atom is 0.229 e. The van der Waals surface area contributed by atoms with Crippen LogP contribution < -0.4 is 14.8 Å². The van der Waals surface area contributed by atoms with Gasteiger partial charge in [0.15, 0.2) is 10.2 Å². The molecule has 1 fully saturated rings. The Hall–Kier alpha value is -2.73. The van der Waals surface area contributed by atoms with Crippen LogP contribution in [0, 0.1) is 0 Å². The molecular weight excluding hydrogens is 478 g/mol. The largest absolute Gasteiger partial charge is 0.457 e. The molecule has 2 N–H and O–H groups in total. The number of anilines is 2. The minimum absolute atomic E-state index is 0.482. The number of thiocarbonyl (C=S) groups is 1. The third-order valence-electron chi connectivity index (χ3n) is 5.03. The summed E-state index contributed by atoms with van der Waals surface area (Å²) in [6.07, 6.45) is 1.11. The first-order valence-electron chi connectivity index (χ1n) is 10.3. The Morgan fingerprint density at radius 1 is 1.09 bits per heavy atom. The van der Waals surface area contributed by atoms with E-state index in [0.29, 0.717) is 22.3 Å². The van der Waals surface area contributed by atoms with Crippen LogP contribution in [0.1, 0.15) is 0 Å². The van der Waals surface area contributed by atoms with Crippen molar-refractivity contribution in [3.63, 3.8) is 0 Å². The molecule has 33 heavy (non-hydrogen) atoms. The summed E-state index contributed by atoms with van der Waals surface area (Å²) in [6.45, 7) is 3.81. The van der Waals surface area contributed by atoms with Crippen LogP contribution in [0.25, 0.3) is 11.3 Å². The normalized spacial score (nSPS) is 14.7. The number of nitrogens with one attached hydrogen (secondary N) is 2. The number of nitrogens with zero attached hydrogens (tertiary/aromatic N) is 3. The van der Waals surface area contributed by atoms with Crippen LogP contribution in [0.5, 0.6) is 11.5 Å². The Kier molecular flexibility index (Phi) is 7.13. The highest BCUT2D eigenvalue weighted by atomic mass is 32.2. The fraction of sp³-hybridized carbons (Fsp3) is 0.273. The SMILES string of the molecule is CN1CCN(C(=S)Nc2nc(-c3cccc(Oc4ccc(NS(C)(=O)=O)cc4)c3)cs2)CC1. The minimum Gasteiger partial charge on any atom is -0.457 e. The van der Waals surface area contributed by atoms with Crippen molar-refractivity contribution < 1.29 is 13.2 Å². The lowest BCUT2D eigenvalue weighted by Crippen LogP contribution is -2.48. The zero-order valence-electron chi connectivity index (χ0n) is 18.3. The Labute approximate surface area is 203 Å². The predicted molar refractivity (Wildman–Crippen MR) is 138 cm³/mol. The molecule has 174 valence electrons. The van der Waals surface area contributed by atoms with Gasteiger partial charge >= 0.3 is 0 Å². The van der Waals surface area contributed by atoms with Crippen LogP contribution >= 0.6 is 23.6 Å². The van der Waals surface area contributed by atoms with E-state index in [9.17, 15) is 8.42 Å². The zero-order chi connectivity index (χ0) is 23.4. The molecule has 2 aromatic carbocycles. The van der Waals surface area contributed by atoms with Crippen LogP contribution in [0.15, 0.2) is 53.9 Å². The summed E-state index contributed by atoms with van der Waals surface area (Å²) in [5.41, 5.74) is 2.25. The first-order valence-corrected chi connectivity index (χ1v) is 13.5. The van der Waals surface area contributed by atoms with Gasteiger partial charge in [0.1, 0.15) is 11.5 Å². The molecule has 1 aromatic heterocycles. The summed E-state index contributed by atoms with van der Waals surface area (Å²) in [5, 5.41) is 6.71. The maximum absolute atomic E-state index is 11.3. The molecule has 0 unspecified atom stereocenters. The third kappa shape index (κ3) is 6.64. The van der Waals surface area contributed by atoms with E-state index in [1.54, 1.807) is 24.3 Å². The average molecular weight is 504 g/mol. The molecule has 0 bridgehead atoms. The molecule has 1 saturated heterocycles. The van der Waals surface area contributed by atoms with E-state index in [4.69, 9.17) is 17.0 Å². The van der Waals surface area contributed by atoms with E-state index in [1.807, 2.05) is 29.6 Å². The number of hydrogen-bond acceptors (Lipinski definition) is 7. The van der Waals surface area contributed by atoms with E-state index in [2.05, 4.69) is 31.9 Å². The zero-order valence-corrected chi connectivity index (χ0v) is 20.8. The van der Waals surface area contributed by atoms with Crippen molar-refractivity contribution in [3.05, 3.63) is 53.9 Å². The van der Waals surface area contributed by atoms with E-state index >= 15 is 0 Å². The summed E-state index contributed by atoms with van der Waals surface area (Å²) in [5.74, 6) is 1.26. The van der Waals surface area contributed by atoms with Crippen LogP contribution in [0.2, 0.25) is 0 Å². The number of likely N-dealkylation sites (N-methyl/N-ethyl adjacent to an activating group) is 1. The van der Waals surface area contributed by atoms with Crippen molar-refractivity contribution in [2.45, 2.75) is 0 Å². The highest BCUT2D eigenvalue weighted by Crippen LogP contribution is 2.30. The first kappa shape index (κ1) is 23.4. The Morgan fingerprint density at radius 3 is 2.52 bits per heavy atom. The minimum atomic E-state index is -3.31. The third-order valence-corrected chi connectivity index (χ3v) is 6.76. The second-order valence-corrected chi connectivity index (χ2v) is 10.8. The molecule has 0 aliphatic carbocycles. The molecule has 11 heteroatoms. The van der Waals surface area contributed by atoms with Gasteiger partial charge in [-0.2, -0.15) is 0 Å². The number of aromatic nitrogens is 1. The van der Waals surface area contributed by atoms with Crippen LogP contribution in [0.4, 0.5) is 10.8 Å². The lowest BCUT2D eigenvalue weighted by molar-refractivity contribution is 0.217. The fourth-order valence-corrected chi connectivity index (χ4v) is 4.93. The predicted octanol–water partition coefficient (Wildman–Crippen LogP) is 3.92. The van der Waals surface area contributed by atoms with Gasteiger partial charge in [-0.15, -0.1) is 11.3 Å². The topological polar surface area (TPSA) is 86.8 Å². The highest BCUT2D eigenvalue weighted by molar-refractivity contribution is 7.92. The first-order chi connectivity index (χ1) is 15.7. The van der Waals surface area contributed by atoms with Gasteiger partial charge in [-0.25, -0.2) is 13.4 Å². The molecule has 0 spiro atoms. The molecule has 2 heterocycles. The van der Waals surface area contributed by atoms with E-state index in [0.717, 1.165) is 48.8 Å². The molecule has 1 aliphatic heterocycles. The second-order valence-electron chi connectivity index (χ2n) is 7.79. The number of benzene rings is 2. The summed E-state index contributed by atoms with van der Waals surface area (Å²) in [7, 11) is -1.20. The van der Waals surface area contributed by atoms with Crippen LogP contribution in [-0.2, 0) is 10.0 Å². The number of thiazole rings is 1. The molecule has 0 amide bonds. The van der Waals surface area contributed by atoms with E-state index < -0.39 is 10.0 Å². The fourth-order valence-electron chi connectivity index (χ4n) is 3.30. The summed E-state index contributed by atoms with van der Waals surface area (Å²) in [6, 6.07) is 14.4. The maximum atomic E-state index is 11.3.